The fraction of sp³-hybridized carbons (Fsp3) is 1.00. The van der Waals surface area contributed by atoms with Crippen LogP contribution in [0.25, 0.3) is 0 Å². The van der Waals surface area contributed by atoms with Gasteiger partial charge in [0.2, 0.25) is 0 Å². The van der Waals surface area contributed by atoms with E-state index in [-0.39, 0.29) is 36.1 Å². The maximum atomic E-state index is 11.9. The van der Waals surface area contributed by atoms with Gasteiger partial charge in [-0.1, -0.05) is 0 Å². The van der Waals surface area contributed by atoms with Crippen LogP contribution in [0.2, 0.25) is 0 Å². The Morgan fingerprint density at radius 1 is 0.710 bits per heavy atom. The number of nitrogens with zero attached hydrogens (tertiary/aromatic N) is 4. The van der Waals surface area contributed by atoms with Crippen LogP contribution < -0.4 is 11.5 Å². The van der Waals surface area contributed by atoms with Crippen molar-refractivity contribution in [2.24, 2.45) is 11.5 Å². The Balaban J connectivity index is 1.71. The quantitative estimate of drug-likeness (QED) is 0.287. The summed E-state index contributed by atoms with van der Waals surface area (Å²) >= 11 is 0. The Morgan fingerprint density at radius 2 is 1.26 bits per heavy atom. The summed E-state index contributed by atoms with van der Waals surface area (Å²) in [5, 5.41) is 0. The topological polar surface area (TPSA) is 133 Å². The third kappa shape index (κ3) is 9.99. The summed E-state index contributed by atoms with van der Waals surface area (Å²) in [6.45, 7) is 9.31. The molecule has 2 aliphatic rings. The first kappa shape index (κ1) is 26.9. The maximum absolute atomic E-state index is 11.9. The van der Waals surface area contributed by atoms with Gasteiger partial charge in [-0.3, -0.25) is 14.7 Å². The van der Waals surface area contributed by atoms with E-state index in [1.54, 1.807) is 0 Å². The molecule has 2 heterocycles. The van der Waals surface area contributed by atoms with Crippen molar-refractivity contribution in [3.8, 4) is 0 Å². The van der Waals surface area contributed by atoms with Gasteiger partial charge in [0.1, 0.15) is 0 Å². The van der Waals surface area contributed by atoms with Crippen molar-refractivity contribution in [1.29, 1.82) is 0 Å². The lowest BCUT2D eigenvalue weighted by Crippen LogP contribution is -2.58. The third-order valence-electron chi connectivity index (χ3n) is 6.30. The highest BCUT2D eigenvalue weighted by Gasteiger charge is 2.28. The van der Waals surface area contributed by atoms with Crippen molar-refractivity contribution in [2.45, 2.75) is 12.5 Å². The molecule has 2 saturated heterocycles. The molecule has 1 atom stereocenters. The molecule has 0 spiro atoms. The summed E-state index contributed by atoms with van der Waals surface area (Å²) in [6.07, 6.45) is 0.657. The molecule has 0 aliphatic carbocycles. The minimum absolute atomic E-state index is 0.0659. The summed E-state index contributed by atoms with van der Waals surface area (Å²) in [6, 6.07) is 0.422. The van der Waals surface area contributed by atoms with E-state index in [0.29, 0.717) is 19.0 Å². The lowest BCUT2D eigenvalue weighted by Gasteiger charge is -2.43. The van der Waals surface area contributed by atoms with Crippen molar-refractivity contribution in [3.05, 3.63) is 0 Å². The first-order valence-corrected chi connectivity index (χ1v) is 15.0. The highest BCUT2D eigenvalue weighted by Crippen LogP contribution is 2.12. The second kappa shape index (κ2) is 12.8. The molecule has 0 aromatic heterocycles. The molecule has 0 amide bonds. The van der Waals surface area contributed by atoms with Crippen molar-refractivity contribution in [1.82, 2.24) is 19.6 Å². The fourth-order valence-electron chi connectivity index (χ4n) is 4.24. The van der Waals surface area contributed by atoms with Gasteiger partial charge in [0, 0.05) is 78.0 Å². The van der Waals surface area contributed by atoms with Crippen molar-refractivity contribution < 1.29 is 16.8 Å². The summed E-state index contributed by atoms with van der Waals surface area (Å²) in [5.74, 6) is 0.537. The van der Waals surface area contributed by atoms with Crippen LogP contribution in [-0.4, -0.2) is 151 Å². The van der Waals surface area contributed by atoms with Gasteiger partial charge in [0.05, 0.1) is 23.0 Å². The molecule has 0 radical (unpaired) electrons. The largest absolute Gasteiger partial charge is 0.329 e. The van der Waals surface area contributed by atoms with E-state index < -0.39 is 19.7 Å². The van der Waals surface area contributed by atoms with Gasteiger partial charge in [-0.2, -0.15) is 0 Å². The number of hydrogen-bond acceptors (Lipinski definition) is 10. The van der Waals surface area contributed by atoms with Crippen LogP contribution in [0, 0.1) is 0 Å². The molecule has 4 N–H and O–H groups in total. The molecule has 31 heavy (non-hydrogen) atoms. The molecular formula is C19H42N6O4S2. The molecule has 2 rings (SSSR count). The van der Waals surface area contributed by atoms with Crippen LogP contribution in [-0.2, 0) is 19.7 Å². The first-order chi connectivity index (χ1) is 14.6. The van der Waals surface area contributed by atoms with Gasteiger partial charge in [0.25, 0.3) is 0 Å². The molecular weight excluding hydrogens is 440 g/mol. The lowest BCUT2D eigenvalue weighted by atomic mass is 10.1. The van der Waals surface area contributed by atoms with E-state index in [9.17, 15) is 16.8 Å². The SMILES string of the molecule is CN1CCN(CCCS(=O)(=O)CCN)CC1CN1CCN(CCS(=O)(=O)CCN)CC1. The molecule has 184 valence electrons. The summed E-state index contributed by atoms with van der Waals surface area (Å²) < 4.78 is 47.4. The average molecular weight is 483 g/mol. The van der Waals surface area contributed by atoms with E-state index in [4.69, 9.17) is 11.5 Å². The number of likely N-dealkylation sites (N-methyl/N-ethyl adjacent to an activating group) is 1. The van der Waals surface area contributed by atoms with Crippen LogP contribution in [0.4, 0.5) is 0 Å². The minimum atomic E-state index is -3.04. The Labute approximate surface area is 188 Å². The monoisotopic (exact) mass is 482 g/mol. The zero-order valence-corrected chi connectivity index (χ0v) is 20.6. The van der Waals surface area contributed by atoms with Crippen LogP contribution in [0.1, 0.15) is 6.42 Å². The second-order valence-corrected chi connectivity index (χ2v) is 13.4. The Kier molecular flexibility index (Phi) is 11.1. The van der Waals surface area contributed by atoms with Gasteiger partial charge < -0.3 is 16.4 Å². The maximum Gasteiger partial charge on any atom is 0.152 e. The number of nitrogens with two attached hydrogens (primary N) is 2. The molecule has 0 aromatic rings. The number of hydrogen-bond donors (Lipinski definition) is 2. The third-order valence-corrected chi connectivity index (χ3v) is 9.73. The second-order valence-electron chi connectivity index (χ2n) is 8.81. The Morgan fingerprint density at radius 3 is 1.87 bits per heavy atom. The molecule has 10 nitrogen and oxygen atoms in total. The van der Waals surface area contributed by atoms with Gasteiger partial charge in [0.15, 0.2) is 19.7 Å². The molecule has 2 aliphatic heterocycles. The van der Waals surface area contributed by atoms with Crippen LogP contribution in [0.5, 0.6) is 0 Å². The molecule has 1 unspecified atom stereocenters. The van der Waals surface area contributed by atoms with Crippen molar-refractivity contribution in [2.75, 3.05) is 109 Å². The van der Waals surface area contributed by atoms with Crippen molar-refractivity contribution in [3.63, 3.8) is 0 Å². The Bertz CT molecular complexity index is 726. The molecule has 0 saturated carbocycles. The zero-order chi connectivity index (χ0) is 22.9. The number of piperazine rings is 2. The molecule has 12 heteroatoms. The smallest absolute Gasteiger partial charge is 0.152 e. The van der Waals surface area contributed by atoms with Crippen molar-refractivity contribution >= 4 is 19.7 Å². The van der Waals surface area contributed by atoms with Crippen LogP contribution >= 0.6 is 0 Å². The van der Waals surface area contributed by atoms with E-state index in [2.05, 4.69) is 26.6 Å². The van der Waals surface area contributed by atoms with Crippen LogP contribution in [0.15, 0.2) is 0 Å². The summed E-state index contributed by atoms with van der Waals surface area (Å²) in [4.78, 5) is 9.46. The standard InChI is InChI=1S/C19H42N6O4S2/c1-22-6-7-24(5-2-13-30(26,27)14-3-20)17-19(22)18-25-10-8-23(9-11-25)12-16-31(28,29)15-4-21/h19H,2-18,20-21H2,1H3. The van der Waals surface area contributed by atoms with E-state index in [1.165, 1.54) is 0 Å². The van der Waals surface area contributed by atoms with E-state index in [1.807, 2.05) is 0 Å². The zero-order valence-electron chi connectivity index (χ0n) is 19.0. The van der Waals surface area contributed by atoms with Gasteiger partial charge in [-0.15, -0.1) is 0 Å². The highest BCUT2D eigenvalue weighted by molar-refractivity contribution is 7.91. The van der Waals surface area contributed by atoms with E-state index in [0.717, 1.165) is 58.9 Å². The minimum Gasteiger partial charge on any atom is -0.329 e. The van der Waals surface area contributed by atoms with Crippen LogP contribution in [0.3, 0.4) is 0 Å². The first-order valence-electron chi connectivity index (χ1n) is 11.3. The molecule has 0 bridgehead atoms. The predicted octanol–water partition coefficient (Wildman–Crippen LogP) is -2.64. The summed E-state index contributed by atoms with van der Waals surface area (Å²) in [7, 11) is -3.90. The summed E-state index contributed by atoms with van der Waals surface area (Å²) in [5.41, 5.74) is 10.7. The normalized spacial score (nSPS) is 23.4. The average Bonchev–Trinajstić information content (AvgIpc) is 2.70. The number of sulfone groups is 2. The fourth-order valence-corrected chi connectivity index (χ4v) is 6.48. The highest BCUT2D eigenvalue weighted by atomic mass is 32.2. The van der Waals surface area contributed by atoms with Gasteiger partial charge in [-0.25, -0.2) is 16.8 Å². The Hall–Kier alpha value is -0.340. The molecule has 2 fully saturated rings. The molecule has 0 aromatic carbocycles. The van der Waals surface area contributed by atoms with Gasteiger partial charge in [-0.05, 0) is 20.0 Å². The van der Waals surface area contributed by atoms with Gasteiger partial charge >= 0.3 is 0 Å². The van der Waals surface area contributed by atoms with E-state index >= 15 is 0 Å². The number of rotatable bonds is 13. The predicted molar refractivity (Wildman–Crippen MR) is 126 cm³/mol. The lowest BCUT2D eigenvalue weighted by molar-refractivity contribution is 0.0518.